The van der Waals surface area contributed by atoms with Crippen LogP contribution in [0.3, 0.4) is 0 Å². The van der Waals surface area contributed by atoms with E-state index in [1.165, 1.54) is 0 Å². The van der Waals surface area contributed by atoms with Crippen molar-refractivity contribution in [3.8, 4) is 0 Å². The SMILES string of the molecule is NC(=S)C1CCCC1NC(=O)Cc1cccs1. The first-order valence-corrected chi connectivity index (χ1v) is 7.06. The molecule has 0 bridgehead atoms. The van der Waals surface area contributed by atoms with Crippen molar-refractivity contribution in [1.82, 2.24) is 5.32 Å². The molecule has 1 aromatic rings. The molecule has 92 valence electrons. The third-order valence-electron chi connectivity index (χ3n) is 3.14. The molecule has 1 aliphatic rings. The quantitative estimate of drug-likeness (QED) is 0.820. The van der Waals surface area contributed by atoms with Gasteiger partial charge < -0.3 is 11.1 Å². The molecule has 17 heavy (non-hydrogen) atoms. The van der Waals surface area contributed by atoms with Gasteiger partial charge in [0.2, 0.25) is 5.91 Å². The summed E-state index contributed by atoms with van der Waals surface area (Å²) in [5.74, 6) is 0.248. The van der Waals surface area contributed by atoms with Gasteiger partial charge in [-0.15, -0.1) is 11.3 Å². The molecular formula is C12H16N2OS2. The molecule has 5 heteroatoms. The molecule has 1 saturated carbocycles. The van der Waals surface area contributed by atoms with Gasteiger partial charge in [-0.05, 0) is 24.3 Å². The fourth-order valence-electron chi connectivity index (χ4n) is 2.30. The molecule has 2 rings (SSSR count). The van der Waals surface area contributed by atoms with E-state index in [9.17, 15) is 4.79 Å². The lowest BCUT2D eigenvalue weighted by Crippen LogP contribution is -2.42. The lowest BCUT2D eigenvalue weighted by Gasteiger charge is -2.19. The zero-order valence-corrected chi connectivity index (χ0v) is 11.2. The maximum absolute atomic E-state index is 11.8. The zero-order chi connectivity index (χ0) is 12.3. The monoisotopic (exact) mass is 268 g/mol. The molecule has 0 aromatic carbocycles. The lowest BCUT2D eigenvalue weighted by molar-refractivity contribution is -0.121. The van der Waals surface area contributed by atoms with E-state index in [0.29, 0.717) is 11.4 Å². The first-order chi connectivity index (χ1) is 8.16. The van der Waals surface area contributed by atoms with Gasteiger partial charge >= 0.3 is 0 Å². The van der Waals surface area contributed by atoms with Gasteiger partial charge in [-0.2, -0.15) is 0 Å². The molecule has 1 aromatic heterocycles. The van der Waals surface area contributed by atoms with Crippen LogP contribution in [-0.4, -0.2) is 16.9 Å². The van der Waals surface area contributed by atoms with E-state index in [-0.39, 0.29) is 17.9 Å². The van der Waals surface area contributed by atoms with Crippen molar-refractivity contribution >= 4 is 34.5 Å². The minimum absolute atomic E-state index is 0.0700. The molecule has 2 atom stereocenters. The number of carbonyl (C=O) groups excluding carboxylic acids is 1. The van der Waals surface area contributed by atoms with E-state index in [1.807, 2.05) is 17.5 Å². The van der Waals surface area contributed by atoms with Crippen LogP contribution >= 0.6 is 23.6 Å². The van der Waals surface area contributed by atoms with Crippen LogP contribution in [-0.2, 0) is 11.2 Å². The first kappa shape index (κ1) is 12.5. The molecule has 0 spiro atoms. The van der Waals surface area contributed by atoms with E-state index in [4.69, 9.17) is 18.0 Å². The summed E-state index contributed by atoms with van der Waals surface area (Å²) in [4.78, 5) is 13.5. The third-order valence-corrected chi connectivity index (χ3v) is 4.32. The standard InChI is InChI=1S/C12H16N2OS2/c13-12(16)9-4-1-5-10(9)14-11(15)7-8-3-2-6-17-8/h2-3,6,9-10H,1,4-5,7H2,(H2,13,16)(H,14,15). The summed E-state index contributed by atoms with van der Waals surface area (Å²) in [6.45, 7) is 0. The van der Waals surface area contributed by atoms with Gasteiger partial charge in [0.1, 0.15) is 0 Å². The van der Waals surface area contributed by atoms with E-state index < -0.39 is 0 Å². The molecule has 3 N–H and O–H groups in total. The smallest absolute Gasteiger partial charge is 0.225 e. The predicted octanol–water partition coefficient (Wildman–Crippen LogP) is 1.86. The summed E-state index contributed by atoms with van der Waals surface area (Å²) in [5.41, 5.74) is 5.68. The van der Waals surface area contributed by atoms with Crippen molar-refractivity contribution in [2.24, 2.45) is 11.7 Å². The third kappa shape index (κ3) is 3.26. The second-order valence-corrected chi connectivity index (χ2v) is 5.87. The largest absolute Gasteiger partial charge is 0.393 e. The van der Waals surface area contributed by atoms with Crippen LogP contribution in [0.2, 0.25) is 0 Å². The summed E-state index contributed by atoms with van der Waals surface area (Å²) in [6.07, 6.45) is 3.53. The van der Waals surface area contributed by atoms with Crippen molar-refractivity contribution < 1.29 is 4.79 Å². The summed E-state index contributed by atoms with van der Waals surface area (Å²) >= 11 is 6.63. The molecule has 1 amide bonds. The first-order valence-electron chi connectivity index (χ1n) is 5.78. The van der Waals surface area contributed by atoms with E-state index in [0.717, 1.165) is 24.1 Å². The summed E-state index contributed by atoms with van der Waals surface area (Å²) < 4.78 is 0. The molecule has 0 radical (unpaired) electrons. The molecule has 2 unspecified atom stereocenters. The number of thiophene rings is 1. The van der Waals surface area contributed by atoms with Crippen LogP contribution in [0.4, 0.5) is 0 Å². The Morgan fingerprint density at radius 1 is 1.59 bits per heavy atom. The van der Waals surface area contributed by atoms with Crippen molar-refractivity contribution in [2.45, 2.75) is 31.7 Å². The van der Waals surface area contributed by atoms with Crippen molar-refractivity contribution in [1.29, 1.82) is 0 Å². The maximum Gasteiger partial charge on any atom is 0.225 e. The second-order valence-electron chi connectivity index (χ2n) is 4.37. The van der Waals surface area contributed by atoms with Gasteiger partial charge in [0.15, 0.2) is 0 Å². The molecule has 0 aliphatic heterocycles. The summed E-state index contributed by atoms with van der Waals surface area (Å²) in [5, 5.41) is 5.03. The van der Waals surface area contributed by atoms with E-state index in [1.54, 1.807) is 11.3 Å². The molecule has 3 nitrogen and oxygen atoms in total. The minimum Gasteiger partial charge on any atom is -0.393 e. The van der Waals surface area contributed by atoms with Crippen molar-refractivity contribution in [3.05, 3.63) is 22.4 Å². The summed E-state index contributed by atoms with van der Waals surface area (Å²) in [7, 11) is 0. The Labute approximate surface area is 110 Å². The van der Waals surface area contributed by atoms with Gasteiger partial charge in [-0.1, -0.05) is 24.7 Å². The molecule has 1 fully saturated rings. The Bertz CT molecular complexity index is 403. The fraction of sp³-hybridized carbons (Fsp3) is 0.500. The number of hydrogen-bond donors (Lipinski definition) is 2. The van der Waals surface area contributed by atoms with Crippen LogP contribution in [0.5, 0.6) is 0 Å². The van der Waals surface area contributed by atoms with Crippen LogP contribution in [0, 0.1) is 5.92 Å². The van der Waals surface area contributed by atoms with Crippen molar-refractivity contribution in [2.75, 3.05) is 0 Å². The normalized spacial score (nSPS) is 23.5. The highest BCUT2D eigenvalue weighted by atomic mass is 32.1. The van der Waals surface area contributed by atoms with Gasteiger partial charge in [0, 0.05) is 16.8 Å². The van der Waals surface area contributed by atoms with Gasteiger partial charge in [-0.25, -0.2) is 0 Å². The average molecular weight is 268 g/mol. The van der Waals surface area contributed by atoms with E-state index >= 15 is 0 Å². The minimum atomic E-state index is 0.0700. The number of rotatable bonds is 4. The Morgan fingerprint density at radius 3 is 3.06 bits per heavy atom. The Balaban J connectivity index is 1.88. The van der Waals surface area contributed by atoms with Gasteiger partial charge in [0.25, 0.3) is 0 Å². The van der Waals surface area contributed by atoms with Crippen LogP contribution < -0.4 is 11.1 Å². The average Bonchev–Trinajstić information content (AvgIpc) is 2.88. The molecule has 1 aliphatic carbocycles. The number of carbonyl (C=O) groups is 1. The molecule has 1 heterocycles. The Kier molecular flexibility index (Phi) is 4.12. The van der Waals surface area contributed by atoms with Crippen LogP contribution in [0.1, 0.15) is 24.1 Å². The van der Waals surface area contributed by atoms with Crippen molar-refractivity contribution in [3.63, 3.8) is 0 Å². The second kappa shape index (κ2) is 5.60. The maximum atomic E-state index is 11.8. The predicted molar refractivity (Wildman–Crippen MR) is 74.1 cm³/mol. The topological polar surface area (TPSA) is 55.1 Å². The number of amides is 1. The Hall–Kier alpha value is -0.940. The number of nitrogens with one attached hydrogen (secondary N) is 1. The molecular weight excluding hydrogens is 252 g/mol. The lowest BCUT2D eigenvalue weighted by atomic mass is 10.0. The van der Waals surface area contributed by atoms with Gasteiger partial charge in [0.05, 0.1) is 11.4 Å². The highest BCUT2D eigenvalue weighted by Gasteiger charge is 2.30. The van der Waals surface area contributed by atoms with E-state index in [2.05, 4.69) is 5.32 Å². The number of thiocarbonyl (C=S) groups is 1. The van der Waals surface area contributed by atoms with Crippen LogP contribution in [0.25, 0.3) is 0 Å². The van der Waals surface area contributed by atoms with Crippen LogP contribution in [0.15, 0.2) is 17.5 Å². The number of hydrogen-bond acceptors (Lipinski definition) is 3. The summed E-state index contributed by atoms with van der Waals surface area (Å²) in [6, 6.07) is 4.07. The molecule has 0 saturated heterocycles. The number of nitrogens with two attached hydrogens (primary N) is 1. The van der Waals surface area contributed by atoms with Gasteiger partial charge in [-0.3, -0.25) is 4.79 Å². The zero-order valence-electron chi connectivity index (χ0n) is 9.52. The highest BCUT2D eigenvalue weighted by Crippen LogP contribution is 2.26. The Morgan fingerprint density at radius 2 is 2.41 bits per heavy atom. The fourth-order valence-corrected chi connectivity index (χ4v) is 3.29. The highest BCUT2D eigenvalue weighted by molar-refractivity contribution is 7.80.